The first kappa shape index (κ1) is 15.6. The van der Waals surface area contributed by atoms with Gasteiger partial charge in [-0.2, -0.15) is 5.10 Å². The minimum absolute atomic E-state index is 0.632. The number of imidazole rings is 1. The lowest BCUT2D eigenvalue weighted by Gasteiger charge is -2.07. The van der Waals surface area contributed by atoms with Crippen molar-refractivity contribution in [2.45, 2.75) is 43.5 Å². The molecule has 0 aliphatic carbocycles. The van der Waals surface area contributed by atoms with Crippen molar-refractivity contribution in [1.29, 1.82) is 0 Å². The van der Waals surface area contributed by atoms with Gasteiger partial charge in [-0.1, -0.05) is 19.9 Å². The minimum Gasteiger partial charge on any atom is -0.320 e. The van der Waals surface area contributed by atoms with E-state index in [1.54, 1.807) is 12.4 Å². The summed E-state index contributed by atoms with van der Waals surface area (Å²) in [5.74, 6) is 0. The van der Waals surface area contributed by atoms with Crippen LogP contribution in [0.1, 0.15) is 30.9 Å². The third kappa shape index (κ3) is 3.73. The van der Waals surface area contributed by atoms with Crippen LogP contribution >= 0.6 is 11.8 Å². The van der Waals surface area contributed by atoms with E-state index in [1.165, 1.54) is 11.8 Å². The molecule has 0 atom stereocenters. The van der Waals surface area contributed by atoms with Gasteiger partial charge in [0.15, 0.2) is 5.16 Å². The zero-order valence-corrected chi connectivity index (χ0v) is 14.0. The highest BCUT2D eigenvalue weighted by atomic mass is 32.2. The smallest absolute Gasteiger partial charge is 0.217 e. The van der Waals surface area contributed by atoms with Gasteiger partial charge in [0.1, 0.15) is 0 Å². The maximum absolute atomic E-state index is 4.61. The average molecular weight is 326 g/mol. The Hall–Kier alpha value is -2.28. The maximum Gasteiger partial charge on any atom is 0.217 e. The van der Waals surface area contributed by atoms with Crippen LogP contribution in [-0.4, -0.2) is 29.7 Å². The minimum atomic E-state index is 0.632. The van der Waals surface area contributed by atoms with E-state index in [0.717, 1.165) is 35.1 Å². The summed E-state index contributed by atoms with van der Waals surface area (Å²) in [6.07, 6.45) is 7.21. The van der Waals surface area contributed by atoms with Crippen LogP contribution < -0.4 is 0 Å². The molecular weight excluding hydrogens is 308 g/mol. The van der Waals surface area contributed by atoms with Crippen LogP contribution in [0.5, 0.6) is 0 Å². The van der Waals surface area contributed by atoms with Crippen molar-refractivity contribution in [3.8, 4) is 0 Å². The van der Waals surface area contributed by atoms with Gasteiger partial charge in [0.25, 0.3) is 0 Å². The van der Waals surface area contributed by atoms with Crippen molar-refractivity contribution in [3.05, 3.63) is 53.9 Å². The van der Waals surface area contributed by atoms with Gasteiger partial charge < -0.3 is 4.57 Å². The van der Waals surface area contributed by atoms with Crippen LogP contribution in [0.3, 0.4) is 0 Å². The van der Waals surface area contributed by atoms with E-state index in [-0.39, 0.29) is 0 Å². The van der Waals surface area contributed by atoms with Gasteiger partial charge in [0, 0.05) is 18.6 Å². The predicted molar refractivity (Wildman–Crippen MR) is 88.3 cm³/mol. The molecule has 0 bridgehead atoms. The van der Waals surface area contributed by atoms with Crippen molar-refractivity contribution < 1.29 is 0 Å². The van der Waals surface area contributed by atoms with Crippen LogP contribution in [-0.2, 0) is 19.4 Å². The van der Waals surface area contributed by atoms with E-state index in [0.29, 0.717) is 11.7 Å². The number of hydrogen-bond acceptors (Lipinski definition) is 6. The highest BCUT2D eigenvalue weighted by Gasteiger charge is 2.11. The lowest BCUT2D eigenvalue weighted by molar-refractivity contribution is 0.687. The number of hydrogen-bond donors (Lipinski definition) is 0. The zero-order chi connectivity index (χ0) is 16.1. The lowest BCUT2D eigenvalue weighted by Crippen LogP contribution is -2.05. The van der Waals surface area contributed by atoms with Gasteiger partial charge in [-0.25, -0.2) is 9.97 Å². The van der Waals surface area contributed by atoms with Gasteiger partial charge in [-0.05, 0) is 36.7 Å². The Morgan fingerprint density at radius 2 is 1.87 bits per heavy atom. The fourth-order valence-corrected chi connectivity index (χ4v) is 2.99. The van der Waals surface area contributed by atoms with Crippen molar-refractivity contribution in [2.24, 2.45) is 0 Å². The maximum atomic E-state index is 4.61. The summed E-state index contributed by atoms with van der Waals surface area (Å²) in [6.45, 7) is 4.82. The van der Waals surface area contributed by atoms with Crippen molar-refractivity contribution >= 4 is 11.8 Å². The summed E-state index contributed by atoms with van der Waals surface area (Å²) < 4.78 is 2.04. The SMILES string of the molecule is CCc1nnc(Sc2nccn2Cc2ccccn2)nc1CC. The van der Waals surface area contributed by atoms with E-state index in [9.17, 15) is 0 Å². The Labute approximate surface area is 139 Å². The molecule has 7 heteroatoms. The average Bonchev–Trinajstić information content (AvgIpc) is 3.02. The van der Waals surface area contributed by atoms with Crippen molar-refractivity contribution in [2.75, 3.05) is 0 Å². The van der Waals surface area contributed by atoms with Gasteiger partial charge in [-0.3, -0.25) is 4.98 Å². The number of rotatable bonds is 6. The molecule has 0 fully saturated rings. The molecular formula is C16H18N6S. The van der Waals surface area contributed by atoms with E-state index in [2.05, 4.69) is 39.0 Å². The Bertz CT molecular complexity index is 771. The second-order valence-electron chi connectivity index (χ2n) is 4.96. The van der Waals surface area contributed by atoms with E-state index in [4.69, 9.17) is 0 Å². The number of nitrogens with zero attached hydrogens (tertiary/aromatic N) is 6. The normalized spacial score (nSPS) is 10.9. The highest BCUT2D eigenvalue weighted by molar-refractivity contribution is 7.99. The fraction of sp³-hybridized carbons (Fsp3) is 0.312. The fourth-order valence-electron chi connectivity index (χ4n) is 2.23. The van der Waals surface area contributed by atoms with Gasteiger partial charge in [-0.15, -0.1) is 5.10 Å². The predicted octanol–water partition coefficient (Wildman–Crippen LogP) is 2.79. The van der Waals surface area contributed by atoms with Crippen LogP contribution in [0.4, 0.5) is 0 Å². The molecule has 0 radical (unpaired) electrons. The second-order valence-corrected chi connectivity index (χ2v) is 5.89. The molecule has 23 heavy (non-hydrogen) atoms. The van der Waals surface area contributed by atoms with Crippen LogP contribution in [0.2, 0.25) is 0 Å². The second kappa shape index (κ2) is 7.32. The van der Waals surface area contributed by atoms with Crippen LogP contribution in [0.25, 0.3) is 0 Å². The van der Waals surface area contributed by atoms with E-state index >= 15 is 0 Å². The Morgan fingerprint density at radius 3 is 2.61 bits per heavy atom. The largest absolute Gasteiger partial charge is 0.320 e. The number of aryl methyl sites for hydroxylation is 2. The summed E-state index contributed by atoms with van der Waals surface area (Å²) in [4.78, 5) is 13.4. The lowest BCUT2D eigenvalue weighted by atomic mass is 10.2. The first-order valence-electron chi connectivity index (χ1n) is 7.61. The van der Waals surface area contributed by atoms with E-state index < -0.39 is 0 Å². The molecule has 6 nitrogen and oxygen atoms in total. The molecule has 3 aromatic heterocycles. The molecule has 0 unspecified atom stereocenters. The molecule has 0 spiro atoms. The van der Waals surface area contributed by atoms with Gasteiger partial charge >= 0.3 is 0 Å². The summed E-state index contributed by atoms with van der Waals surface area (Å²) in [6, 6.07) is 5.89. The molecule has 0 saturated carbocycles. The molecule has 0 N–H and O–H groups in total. The highest BCUT2D eigenvalue weighted by Crippen LogP contribution is 2.23. The topological polar surface area (TPSA) is 69.4 Å². The molecule has 118 valence electrons. The Morgan fingerprint density at radius 1 is 1.00 bits per heavy atom. The molecule has 3 heterocycles. The van der Waals surface area contributed by atoms with Crippen molar-refractivity contribution in [1.82, 2.24) is 29.7 Å². The quantitative estimate of drug-likeness (QED) is 0.694. The Kier molecular flexibility index (Phi) is 4.97. The first-order valence-corrected chi connectivity index (χ1v) is 8.43. The Balaban J connectivity index is 1.80. The first-order chi connectivity index (χ1) is 11.3. The van der Waals surface area contributed by atoms with E-state index in [1.807, 2.05) is 29.0 Å². The van der Waals surface area contributed by atoms with Crippen LogP contribution in [0, 0.1) is 0 Å². The standard InChI is InChI=1S/C16H18N6S/c1-3-13-14(4-2)20-21-15(19-13)23-16-18-9-10-22(16)11-12-7-5-6-8-17-12/h5-10H,3-4,11H2,1-2H3. The summed E-state index contributed by atoms with van der Waals surface area (Å²) in [5, 5.41) is 9.96. The molecule has 3 aromatic rings. The summed E-state index contributed by atoms with van der Waals surface area (Å²) in [5.41, 5.74) is 2.96. The van der Waals surface area contributed by atoms with Crippen molar-refractivity contribution in [3.63, 3.8) is 0 Å². The summed E-state index contributed by atoms with van der Waals surface area (Å²) in [7, 11) is 0. The molecule has 0 aromatic carbocycles. The van der Waals surface area contributed by atoms with Gasteiger partial charge in [0.05, 0.1) is 23.6 Å². The monoisotopic (exact) mass is 326 g/mol. The van der Waals surface area contributed by atoms with Gasteiger partial charge in [0.2, 0.25) is 5.16 Å². The third-order valence-corrected chi connectivity index (χ3v) is 4.29. The molecule has 0 aliphatic rings. The number of pyridine rings is 1. The van der Waals surface area contributed by atoms with Crippen LogP contribution in [0.15, 0.2) is 47.1 Å². The zero-order valence-electron chi connectivity index (χ0n) is 13.2. The molecule has 0 saturated heterocycles. The third-order valence-electron chi connectivity index (χ3n) is 3.41. The molecule has 3 rings (SSSR count). The number of aromatic nitrogens is 6. The molecule has 0 amide bonds. The summed E-state index contributed by atoms with van der Waals surface area (Å²) >= 11 is 1.43. The molecule has 0 aliphatic heterocycles.